The Morgan fingerprint density at radius 2 is 1.66 bits per heavy atom. The highest BCUT2D eigenvalue weighted by atomic mass is 32.2. The van der Waals surface area contributed by atoms with Crippen LogP contribution in [0.25, 0.3) is 0 Å². The zero-order chi connectivity index (χ0) is 23.7. The largest absolute Gasteiger partial charge is 0.493 e. The Morgan fingerprint density at radius 3 is 2.25 bits per heavy atom. The zero-order valence-electron chi connectivity index (χ0n) is 18.8. The number of amides is 1. The lowest BCUT2D eigenvalue weighted by molar-refractivity contribution is -0.131. The van der Waals surface area contributed by atoms with Crippen molar-refractivity contribution < 1.29 is 27.1 Å². The minimum absolute atomic E-state index is 0.0124. The highest BCUT2D eigenvalue weighted by Crippen LogP contribution is 2.29. The lowest BCUT2D eigenvalue weighted by Crippen LogP contribution is -2.38. The number of rotatable bonds is 12. The molecule has 0 aromatic heterocycles. The summed E-state index contributed by atoms with van der Waals surface area (Å²) in [5.74, 6) is 0.162. The summed E-state index contributed by atoms with van der Waals surface area (Å²) in [4.78, 5) is 16.4. The molecule has 32 heavy (non-hydrogen) atoms. The summed E-state index contributed by atoms with van der Waals surface area (Å²) in [5, 5.41) is 0. The van der Waals surface area contributed by atoms with E-state index in [1.165, 1.54) is 44.6 Å². The van der Waals surface area contributed by atoms with Crippen LogP contribution < -0.4 is 14.2 Å². The molecule has 0 radical (unpaired) electrons. The maximum absolute atomic E-state index is 13.2. The lowest BCUT2D eigenvalue weighted by atomic mass is 10.2. The molecular weight excluding hydrogens is 437 g/mol. The number of nitrogens with zero attached hydrogens (tertiary/aromatic N) is 2. The van der Waals surface area contributed by atoms with E-state index >= 15 is 0 Å². The van der Waals surface area contributed by atoms with Crippen LogP contribution in [-0.2, 0) is 21.4 Å². The molecule has 2 aromatic rings. The molecule has 0 heterocycles. The second-order valence-electron chi connectivity index (χ2n) is 7.41. The monoisotopic (exact) mass is 467 g/mol. The van der Waals surface area contributed by atoms with Crippen LogP contribution in [0.3, 0.4) is 0 Å². The molecule has 0 bridgehead atoms. The number of methoxy groups -OCH3 is 2. The van der Waals surface area contributed by atoms with Crippen molar-refractivity contribution in [2.24, 2.45) is 0 Å². The van der Waals surface area contributed by atoms with Crippen LogP contribution in [-0.4, -0.2) is 72.1 Å². The van der Waals surface area contributed by atoms with Crippen molar-refractivity contribution in [3.63, 3.8) is 0 Å². The summed E-state index contributed by atoms with van der Waals surface area (Å²) in [6.45, 7) is 1.36. The van der Waals surface area contributed by atoms with Crippen molar-refractivity contribution in [2.45, 2.75) is 17.9 Å². The summed E-state index contributed by atoms with van der Waals surface area (Å²) in [6, 6.07) is 10.2. The molecule has 0 saturated heterocycles. The quantitative estimate of drug-likeness (QED) is 0.514. The average molecular weight is 468 g/mol. The van der Waals surface area contributed by atoms with Crippen LogP contribution in [0, 0.1) is 5.82 Å². The van der Waals surface area contributed by atoms with Crippen LogP contribution in [0.15, 0.2) is 47.4 Å². The number of halogens is 1. The van der Waals surface area contributed by atoms with E-state index in [1.54, 1.807) is 17.0 Å². The molecule has 0 atom stereocenters. The number of hydrogen-bond donors (Lipinski definition) is 1. The number of carbonyl (C=O) groups is 1. The Balaban J connectivity index is 2.02. The van der Waals surface area contributed by atoms with Gasteiger partial charge in [-0.2, -0.15) is 0 Å². The predicted molar refractivity (Wildman–Crippen MR) is 120 cm³/mol. The van der Waals surface area contributed by atoms with Gasteiger partial charge in [-0.3, -0.25) is 4.79 Å². The second-order valence-corrected chi connectivity index (χ2v) is 9.18. The van der Waals surface area contributed by atoms with Gasteiger partial charge in [-0.15, -0.1) is 0 Å². The van der Waals surface area contributed by atoms with Gasteiger partial charge in [0.05, 0.1) is 19.1 Å². The van der Waals surface area contributed by atoms with Gasteiger partial charge >= 0.3 is 0 Å². The molecule has 2 aromatic carbocycles. The average Bonchev–Trinajstić information content (AvgIpc) is 2.76. The van der Waals surface area contributed by atoms with Crippen LogP contribution in [0.5, 0.6) is 11.5 Å². The van der Waals surface area contributed by atoms with Gasteiger partial charge in [0.2, 0.25) is 15.9 Å². The van der Waals surface area contributed by atoms with Gasteiger partial charge in [-0.25, -0.2) is 17.5 Å². The number of benzene rings is 2. The van der Waals surface area contributed by atoms with Gasteiger partial charge < -0.3 is 19.3 Å². The number of carbonyl (C=O) groups excluding carboxylic acids is 1. The molecule has 0 fully saturated rings. The standard InChI is InChI=1S/C22H30FN3O5S/c1-25(2)13-14-26(16-17-5-7-18(23)8-6-17)22(27)11-12-24-32(28,29)19-9-10-20(30-3)21(15-19)31-4/h5-10,15,24H,11-14,16H2,1-4H3. The van der Waals surface area contributed by atoms with Crippen molar-refractivity contribution in [3.8, 4) is 11.5 Å². The molecule has 0 aliphatic carbocycles. The molecule has 0 aliphatic heterocycles. The van der Waals surface area contributed by atoms with Gasteiger partial charge in [-0.05, 0) is 43.9 Å². The minimum atomic E-state index is -3.83. The van der Waals surface area contributed by atoms with Crippen LogP contribution in [0.2, 0.25) is 0 Å². The molecule has 1 N–H and O–H groups in total. The van der Waals surface area contributed by atoms with E-state index in [0.717, 1.165) is 5.56 Å². The fraction of sp³-hybridized carbons (Fsp3) is 0.409. The number of nitrogens with one attached hydrogen (secondary N) is 1. The van der Waals surface area contributed by atoms with Crippen molar-refractivity contribution in [1.82, 2.24) is 14.5 Å². The third-order valence-corrected chi connectivity index (χ3v) is 6.21. The first-order valence-electron chi connectivity index (χ1n) is 10.0. The zero-order valence-corrected chi connectivity index (χ0v) is 19.6. The van der Waals surface area contributed by atoms with E-state index in [1.807, 2.05) is 19.0 Å². The number of likely N-dealkylation sites (N-methyl/N-ethyl adjacent to an activating group) is 1. The predicted octanol–water partition coefficient (Wildman–Crippen LogP) is 2.10. The Morgan fingerprint density at radius 1 is 1.00 bits per heavy atom. The van der Waals surface area contributed by atoms with Crippen molar-refractivity contribution in [3.05, 3.63) is 53.8 Å². The summed E-state index contributed by atoms with van der Waals surface area (Å²) in [5.41, 5.74) is 0.796. The van der Waals surface area contributed by atoms with E-state index < -0.39 is 10.0 Å². The Kier molecular flexibility index (Phi) is 9.42. The molecule has 8 nitrogen and oxygen atoms in total. The van der Waals surface area contributed by atoms with Gasteiger partial charge in [0.1, 0.15) is 5.82 Å². The van der Waals surface area contributed by atoms with Gasteiger partial charge in [0.25, 0.3) is 0 Å². The second kappa shape index (κ2) is 11.8. The fourth-order valence-electron chi connectivity index (χ4n) is 2.94. The van der Waals surface area contributed by atoms with Crippen molar-refractivity contribution >= 4 is 15.9 Å². The van der Waals surface area contributed by atoms with Gasteiger partial charge in [-0.1, -0.05) is 12.1 Å². The highest BCUT2D eigenvalue weighted by Gasteiger charge is 2.19. The molecular formula is C22H30FN3O5S. The number of ether oxygens (including phenoxy) is 2. The Labute approximate surface area is 189 Å². The van der Waals surface area contributed by atoms with E-state index in [0.29, 0.717) is 31.1 Å². The molecule has 0 aliphatic rings. The summed E-state index contributed by atoms with van der Waals surface area (Å²) in [6.07, 6.45) is -0.0128. The van der Waals surface area contributed by atoms with E-state index in [-0.39, 0.29) is 29.6 Å². The fourth-order valence-corrected chi connectivity index (χ4v) is 3.99. The van der Waals surface area contributed by atoms with Gasteiger partial charge in [0.15, 0.2) is 11.5 Å². The molecule has 0 saturated carbocycles. The van der Waals surface area contributed by atoms with E-state index in [4.69, 9.17) is 9.47 Å². The molecule has 176 valence electrons. The Bertz CT molecular complexity index is 997. The van der Waals surface area contributed by atoms with Crippen LogP contribution >= 0.6 is 0 Å². The SMILES string of the molecule is COc1ccc(S(=O)(=O)NCCC(=O)N(CCN(C)C)Cc2ccc(F)cc2)cc1OC. The summed E-state index contributed by atoms with van der Waals surface area (Å²) < 4.78 is 51.1. The molecule has 10 heteroatoms. The van der Waals surface area contributed by atoms with Gasteiger partial charge in [0, 0.05) is 38.7 Å². The topological polar surface area (TPSA) is 88.2 Å². The maximum Gasteiger partial charge on any atom is 0.240 e. The molecule has 0 unspecified atom stereocenters. The lowest BCUT2D eigenvalue weighted by Gasteiger charge is -2.25. The first-order valence-corrected chi connectivity index (χ1v) is 11.5. The molecule has 0 spiro atoms. The first-order chi connectivity index (χ1) is 15.2. The highest BCUT2D eigenvalue weighted by molar-refractivity contribution is 7.89. The minimum Gasteiger partial charge on any atom is -0.493 e. The Hall–Kier alpha value is -2.69. The summed E-state index contributed by atoms with van der Waals surface area (Å²) >= 11 is 0. The van der Waals surface area contributed by atoms with E-state index in [9.17, 15) is 17.6 Å². The third-order valence-electron chi connectivity index (χ3n) is 4.75. The molecule has 2 rings (SSSR count). The normalized spacial score (nSPS) is 11.4. The molecule has 1 amide bonds. The van der Waals surface area contributed by atoms with Crippen molar-refractivity contribution in [2.75, 3.05) is 47.9 Å². The van der Waals surface area contributed by atoms with E-state index in [2.05, 4.69) is 4.72 Å². The maximum atomic E-state index is 13.2. The van der Waals surface area contributed by atoms with Crippen molar-refractivity contribution in [1.29, 1.82) is 0 Å². The number of hydrogen-bond acceptors (Lipinski definition) is 6. The number of sulfonamides is 1. The van der Waals surface area contributed by atoms with Crippen LogP contribution in [0.1, 0.15) is 12.0 Å². The third kappa shape index (κ3) is 7.47. The van der Waals surface area contributed by atoms with Crippen LogP contribution in [0.4, 0.5) is 4.39 Å². The first kappa shape index (κ1) is 25.6. The smallest absolute Gasteiger partial charge is 0.240 e. The summed E-state index contributed by atoms with van der Waals surface area (Å²) in [7, 11) is 2.85.